The van der Waals surface area contributed by atoms with Gasteiger partial charge in [0.05, 0.1) is 23.9 Å². The number of carbonyl (C=O) groups is 2. The number of rotatable bonds is 6. The molecule has 0 aromatic carbocycles. The highest BCUT2D eigenvalue weighted by Crippen LogP contribution is 2.25. The Morgan fingerprint density at radius 1 is 1.44 bits per heavy atom. The highest BCUT2D eigenvalue weighted by molar-refractivity contribution is 7.14. The molecule has 2 aromatic heterocycles. The zero-order valence-electron chi connectivity index (χ0n) is 14.1. The van der Waals surface area contributed by atoms with E-state index < -0.39 is 0 Å². The Labute approximate surface area is 150 Å². The van der Waals surface area contributed by atoms with Crippen LogP contribution in [-0.2, 0) is 11.2 Å². The topological polar surface area (TPSA) is 110 Å². The average molecular weight is 362 g/mol. The van der Waals surface area contributed by atoms with Gasteiger partial charge >= 0.3 is 0 Å². The Hall–Kier alpha value is -2.19. The molecule has 134 valence electrons. The Morgan fingerprint density at radius 3 is 3.00 bits per heavy atom. The third-order valence-corrected chi connectivity index (χ3v) is 5.33. The summed E-state index contributed by atoms with van der Waals surface area (Å²) in [4.78, 5) is 28.7. The summed E-state index contributed by atoms with van der Waals surface area (Å²) in [6.45, 7) is 2.33. The minimum absolute atomic E-state index is 0.0563. The van der Waals surface area contributed by atoms with Gasteiger partial charge in [0.2, 0.25) is 5.91 Å². The monoisotopic (exact) mass is 362 g/mol. The van der Waals surface area contributed by atoms with Gasteiger partial charge in [0.15, 0.2) is 5.13 Å². The number of hydrogen-bond acceptors (Lipinski definition) is 6. The van der Waals surface area contributed by atoms with Gasteiger partial charge in [0.25, 0.3) is 5.91 Å². The SMILES string of the molecule is Cc1occc1C(=O)Nc1nc(CC(=O)NC2CCCC2CN)cs1. The summed E-state index contributed by atoms with van der Waals surface area (Å²) in [6.07, 6.45) is 4.83. The maximum absolute atomic E-state index is 12.2. The minimum Gasteiger partial charge on any atom is -0.469 e. The molecule has 4 N–H and O–H groups in total. The van der Waals surface area contributed by atoms with E-state index in [4.69, 9.17) is 10.2 Å². The fourth-order valence-corrected chi connectivity index (χ4v) is 3.87. The lowest BCUT2D eigenvalue weighted by atomic mass is 10.0. The third kappa shape index (κ3) is 4.26. The number of aromatic nitrogens is 1. The van der Waals surface area contributed by atoms with E-state index in [1.54, 1.807) is 18.4 Å². The van der Waals surface area contributed by atoms with Crippen molar-refractivity contribution >= 4 is 28.3 Å². The number of nitrogens with two attached hydrogens (primary N) is 1. The highest BCUT2D eigenvalue weighted by Gasteiger charge is 2.27. The number of carbonyl (C=O) groups excluding carboxylic acids is 2. The molecule has 25 heavy (non-hydrogen) atoms. The predicted octanol–water partition coefficient (Wildman–Crippen LogP) is 2.08. The van der Waals surface area contributed by atoms with E-state index in [1.807, 2.05) is 0 Å². The van der Waals surface area contributed by atoms with Crippen molar-refractivity contribution in [3.05, 3.63) is 34.7 Å². The molecule has 2 heterocycles. The largest absolute Gasteiger partial charge is 0.469 e. The lowest BCUT2D eigenvalue weighted by molar-refractivity contribution is -0.121. The van der Waals surface area contributed by atoms with Crippen LogP contribution in [0.3, 0.4) is 0 Å². The second-order valence-corrected chi connectivity index (χ2v) is 7.12. The highest BCUT2D eigenvalue weighted by atomic mass is 32.1. The summed E-state index contributed by atoms with van der Waals surface area (Å²) in [5.74, 6) is 0.597. The summed E-state index contributed by atoms with van der Waals surface area (Å²) >= 11 is 1.30. The van der Waals surface area contributed by atoms with Crippen LogP contribution in [0.2, 0.25) is 0 Å². The van der Waals surface area contributed by atoms with Crippen LogP contribution in [0.25, 0.3) is 0 Å². The second-order valence-electron chi connectivity index (χ2n) is 6.27. The lowest BCUT2D eigenvalue weighted by Gasteiger charge is -2.19. The summed E-state index contributed by atoms with van der Waals surface area (Å²) in [5.41, 5.74) is 6.86. The number of nitrogens with one attached hydrogen (secondary N) is 2. The van der Waals surface area contributed by atoms with Gasteiger partial charge in [-0.2, -0.15) is 0 Å². The number of amides is 2. The maximum atomic E-state index is 12.2. The summed E-state index contributed by atoms with van der Waals surface area (Å²) < 4.78 is 5.12. The van der Waals surface area contributed by atoms with Gasteiger partial charge in [-0.25, -0.2) is 4.98 Å². The molecular formula is C17H22N4O3S. The van der Waals surface area contributed by atoms with Gasteiger partial charge in [-0.15, -0.1) is 11.3 Å². The molecule has 1 saturated carbocycles. The molecule has 0 bridgehead atoms. The first-order chi connectivity index (χ1) is 12.1. The van der Waals surface area contributed by atoms with Crippen molar-refractivity contribution in [3.8, 4) is 0 Å². The first-order valence-corrected chi connectivity index (χ1v) is 9.24. The third-order valence-electron chi connectivity index (χ3n) is 4.53. The fourth-order valence-electron chi connectivity index (χ4n) is 3.16. The van der Waals surface area contributed by atoms with Gasteiger partial charge in [-0.05, 0) is 38.3 Å². The van der Waals surface area contributed by atoms with E-state index >= 15 is 0 Å². The molecule has 1 fully saturated rings. The zero-order chi connectivity index (χ0) is 17.8. The minimum atomic E-state index is -0.270. The van der Waals surface area contributed by atoms with Crippen LogP contribution in [-0.4, -0.2) is 29.4 Å². The van der Waals surface area contributed by atoms with Crippen molar-refractivity contribution < 1.29 is 14.0 Å². The maximum Gasteiger partial charge on any atom is 0.260 e. The zero-order valence-corrected chi connectivity index (χ0v) is 14.9. The van der Waals surface area contributed by atoms with E-state index in [9.17, 15) is 9.59 Å². The molecule has 3 rings (SSSR count). The van der Waals surface area contributed by atoms with Crippen LogP contribution in [0.5, 0.6) is 0 Å². The molecule has 1 aliphatic rings. The molecular weight excluding hydrogens is 340 g/mol. The number of nitrogens with zero attached hydrogens (tertiary/aromatic N) is 1. The summed E-state index contributed by atoms with van der Waals surface area (Å²) in [5, 5.41) is 8.03. The quantitative estimate of drug-likeness (QED) is 0.729. The van der Waals surface area contributed by atoms with Gasteiger partial charge < -0.3 is 15.5 Å². The Kier molecular flexibility index (Phi) is 5.50. The smallest absolute Gasteiger partial charge is 0.260 e. The second kappa shape index (κ2) is 7.79. The van der Waals surface area contributed by atoms with Crippen LogP contribution in [0.1, 0.15) is 41.1 Å². The van der Waals surface area contributed by atoms with Crippen LogP contribution in [0.4, 0.5) is 5.13 Å². The van der Waals surface area contributed by atoms with Crippen molar-refractivity contribution in [1.29, 1.82) is 0 Å². The first kappa shape index (κ1) is 17.6. The molecule has 0 aliphatic heterocycles. The standard InChI is InChI=1S/C17H22N4O3S/c1-10-13(5-6-24-10)16(23)21-17-19-12(9-25-17)7-15(22)20-14-4-2-3-11(14)8-18/h5-6,9,11,14H,2-4,7-8,18H2,1H3,(H,20,22)(H,19,21,23). The van der Waals surface area contributed by atoms with Crippen molar-refractivity contribution in [2.24, 2.45) is 11.7 Å². The summed E-state index contributed by atoms with van der Waals surface area (Å²) in [7, 11) is 0. The Bertz CT molecular complexity index is 755. The van der Waals surface area contributed by atoms with E-state index in [2.05, 4.69) is 15.6 Å². The molecule has 2 aromatic rings. The molecule has 2 amide bonds. The van der Waals surface area contributed by atoms with Crippen LogP contribution in [0, 0.1) is 12.8 Å². The average Bonchev–Trinajstić information content (AvgIpc) is 3.29. The molecule has 0 saturated heterocycles. The van der Waals surface area contributed by atoms with Gasteiger partial charge in [-0.1, -0.05) is 6.42 Å². The first-order valence-electron chi connectivity index (χ1n) is 8.36. The van der Waals surface area contributed by atoms with Gasteiger partial charge in [0, 0.05) is 11.4 Å². The van der Waals surface area contributed by atoms with E-state index in [-0.39, 0.29) is 24.3 Å². The lowest BCUT2D eigenvalue weighted by Crippen LogP contribution is -2.40. The Balaban J connectivity index is 1.54. The molecule has 1 aliphatic carbocycles. The number of furan rings is 1. The van der Waals surface area contributed by atoms with Crippen molar-refractivity contribution in [2.45, 2.75) is 38.6 Å². The Morgan fingerprint density at radius 2 is 2.28 bits per heavy atom. The van der Waals surface area contributed by atoms with Crippen molar-refractivity contribution in [2.75, 3.05) is 11.9 Å². The van der Waals surface area contributed by atoms with E-state index in [1.165, 1.54) is 17.6 Å². The molecule has 7 nitrogen and oxygen atoms in total. The summed E-state index contributed by atoms with van der Waals surface area (Å²) in [6, 6.07) is 1.78. The van der Waals surface area contributed by atoms with Gasteiger partial charge in [-0.3, -0.25) is 14.9 Å². The van der Waals surface area contributed by atoms with Crippen LogP contribution in [0.15, 0.2) is 22.1 Å². The molecule has 2 unspecified atom stereocenters. The number of anilines is 1. The van der Waals surface area contributed by atoms with E-state index in [0.717, 1.165) is 19.3 Å². The number of thiazole rings is 1. The molecule has 2 atom stereocenters. The molecule has 8 heteroatoms. The molecule has 0 spiro atoms. The van der Waals surface area contributed by atoms with Crippen LogP contribution < -0.4 is 16.4 Å². The van der Waals surface area contributed by atoms with E-state index in [0.29, 0.717) is 34.6 Å². The molecule has 0 radical (unpaired) electrons. The number of hydrogen-bond donors (Lipinski definition) is 3. The van der Waals surface area contributed by atoms with Crippen molar-refractivity contribution in [3.63, 3.8) is 0 Å². The van der Waals surface area contributed by atoms with Gasteiger partial charge in [0.1, 0.15) is 5.76 Å². The van der Waals surface area contributed by atoms with Crippen LogP contribution >= 0.6 is 11.3 Å². The predicted molar refractivity (Wildman–Crippen MR) is 95.5 cm³/mol. The van der Waals surface area contributed by atoms with Crippen molar-refractivity contribution in [1.82, 2.24) is 10.3 Å². The fraction of sp³-hybridized carbons (Fsp3) is 0.471. The number of aryl methyl sites for hydroxylation is 1. The normalized spacial score (nSPS) is 19.8.